The first kappa shape index (κ1) is 12.9. The Hall–Kier alpha value is -1.59. The van der Waals surface area contributed by atoms with Gasteiger partial charge in [0.2, 0.25) is 0 Å². The molecular formula is C13H20N4O. The summed E-state index contributed by atoms with van der Waals surface area (Å²) >= 11 is 0. The fourth-order valence-electron chi connectivity index (χ4n) is 1.98. The second kappa shape index (κ2) is 6.37. The van der Waals surface area contributed by atoms with Crippen molar-refractivity contribution in [3.8, 4) is 0 Å². The topological polar surface area (TPSA) is 72.7 Å². The first-order valence-corrected chi connectivity index (χ1v) is 6.36. The van der Waals surface area contributed by atoms with Crippen LogP contribution in [0.2, 0.25) is 0 Å². The van der Waals surface area contributed by atoms with Crippen molar-refractivity contribution in [3.63, 3.8) is 0 Å². The summed E-state index contributed by atoms with van der Waals surface area (Å²) in [6.07, 6.45) is 2.11. The van der Waals surface area contributed by atoms with Gasteiger partial charge in [-0.05, 0) is 57.2 Å². The fraction of sp³-hybridized carbons (Fsp3) is 0.462. The van der Waals surface area contributed by atoms with Crippen LogP contribution in [0.1, 0.15) is 12.0 Å². The Bertz CT molecular complexity index is 543. The van der Waals surface area contributed by atoms with E-state index in [9.17, 15) is 4.79 Å². The number of hydrogen-bond donors (Lipinski definition) is 4. The van der Waals surface area contributed by atoms with Gasteiger partial charge in [0.1, 0.15) is 0 Å². The Kier molecular flexibility index (Phi) is 4.55. The lowest BCUT2D eigenvalue weighted by Gasteiger charge is -2.04. The molecule has 0 aliphatic carbocycles. The minimum atomic E-state index is -0.146. The molecule has 5 heteroatoms. The maximum absolute atomic E-state index is 11.1. The highest BCUT2D eigenvalue weighted by molar-refractivity contribution is 5.74. The Morgan fingerprint density at radius 3 is 2.78 bits per heavy atom. The summed E-state index contributed by atoms with van der Waals surface area (Å²) in [5.41, 5.74) is 2.84. The van der Waals surface area contributed by atoms with Crippen molar-refractivity contribution in [3.05, 3.63) is 34.2 Å². The van der Waals surface area contributed by atoms with Crippen molar-refractivity contribution < 1.29 is 0 Å². The van der Waals surface area contributed by atoms with Crippen molar-refractivity contribution in [1.82, 2.24) is 20.6 Å². The predicted octanol–water partition coefficient (Wildman–Crippen LogP) is 0.598. The van der Waals surface area contributed by atoms with Crippen LogP contribution in [0.5, 0.6) is 0 Å². The molecule has 0 spiro atoms. The molecule has 4 N–H and O–H groups in total. The van der Waals surface area contributed by atoms with Crippen molar-refractivity contribution in [2.45, 2.75) is 12.8 Å². The van der Waals surface area contributed by atoms with E-state index >= 15 is 0 Å². The van der Waals surface area contributed by atoms with Crippen LogP contribution < -0.4 is 16.3 Å². The lowest BCUT2D eigenvalue weighted by Crippen LogP contribution is -2.21. The third kappa shape index (κ3) is 3.45. The molecule has 0 radical (unpaired) electrons. The molecule has 2 aromatic rings. The zero-order chi connectivity index (χ0) is 12.8. The van der Waals surface area contributed by atoms with Gasteiger partial charge >= 0.3 is 5.69 Å². The minimum Gasteiger partial charge on any atom is -0.320 e. The molecule has 0 aliphatic heterocycles. The Labute approximate surface area is 106 Å². The minimum absolute atomic E-state index is 0.146. The molecule has 98 valence electrons. The van der Waals surface area contributed by atoms with Crippen molar-refractivity contribution >= 4 is 11.0 Å². The second-order valence-corrected chi connectivity index (χ2v) is 4.42. The number of hydrogen-bond acceptors (Lipinski definition) is 3. The van der Waals surface area contributed by atoms with E-state index in [1.165, 1.54) is 5.56 Å². The van der Waals surface area contributed by atoms with E-state index in [1.807, 2.05) is 19.2 Å². The lowest BCUT2D eigenvalue weighted by molar-refractivity contribution is 0.625. The van der Waals surface area contributed by atoms with Crippen LogP contribution in [-0.2, 0) is 6.42 Å². The largest absolute Gasteiger partial charge is 0.323 e. The monoisotopic (exact) mass is 248 g/mol. The van der Waals surface area contributed by atoms with E-state index in [4.69, 9.17) is 0 Å². The standard InChI is InChI=1S/C13H20N4O/c1-14-6-2-7-15-8-5-10-3-4-11-12(9-10)17-13(18)16-11/h3-4,9,14-15H,2,5-8H2,1H3,(H2,16,17,18). The number of nitrogens with one attached hydrogen (secondary N) is 4. The smallest absolute Gasteiger partial charge is 0.320 e. The van der Waals surface area contributed by atoms with E-state index in [-0.39, 0.29) is 5.69 Å². The molecule has 0 aliphatic rings. The van der Waals surface area contributed by atoms with Crippen LogP contribution in [-0.4, -0.2) is 36.6 Å². The van der Waals surface area contributed by atoms with Crippen molar-refractivity contribution in [1.29, 1.82) is 0 Å². The van der Waals surface area contributed by atoms with Crippen molar-refractivity contribution in [2.75, 3.05) is 26.7 Å². The number of aromatic nitrogens is 2. The number of H-pyrrole nitrogens is 2. The van der Waals surface area contributed by atoms with Gasteiger partial charge in [0.15, 0.2) is 0 Å². The fourth-order valence-corrected chi connectivity index (χ4v) is 1.98. The molecule has 0 saturated heterocycles. The highest BCUT2D eigenvalue weighted by Gasteiger charge is 1.99. The van der Waals surface area contributed by atoms with E-state index < -0.39 is 0 Å². The van der Waals surface area contributed by atoms with Gasteiger partial charge in [-0.15, -0.1) is 0 Å². The summed E-state index contributed by atoms with van der Waals surface area (Å²) in [6, 6.07) is 6.04. The van der Waals surface area contributed by atoms with Gasteiger partial charge in [0.25, 0.3) is 0 Å². The van der Waals surface area contributed by atoms with Crippen molar-refractivity contribution in [2.24, 2.45) is 0 Å². The van der Waals surface area contributed by atoms with Gasteiger partial charge in [0, 0.05) is 0 Å². The normalized spacial score (nSPS) is 11.2. The SMILES string of the molecule is CNCCCNCCc1ccc2[nH]c(=O)[nH]c2c1. The average Bonchev–Trinajstić information content (AvgIpc) is 2.73. The molecule has 18 heavy (non-hydrogen) atoms. The van der Waals surface area contributed by atoms with Crippen LogP contribution in [0.15, 0.2) is 23.0 Å². The Balaban J connectivity index is 1.82. The van der Waals surface area contributed by atoms with Crippen LogP contribution in [0.25, 0.3) is 11.0 Å². The van der Waals surface area contributed by atoms with Gasteiger partial charge in [0.05, 0.1) is 11.0 Å². The summed E-state index contributed by atoms with van der Waals surface area (Å²) in [5.74, 6) is 0. The zero-order valence-corrected chi connectivity index (χ0v) is 10.7. The molecular weight excluding hydrogens is 228 g/mol. The highest BCUT2D eigenvalue weighted by Crippen LogP contribution is 2.10. The molecule has 1 aromatic heterocycles. The summed E-state index contributed by atoms with van der Waals surface area (Å²) in [5, 5.41) is 6.52. The third-order valence-electron chi connectivity index (χ3n) is 2.95. The van der Waals surface area contributed by atoms with E-state index in [1.54, 1.807) is 0 Å². The first-order chi connectivity index (χ1) is 8.79. The molecule has 2 rings (SSSR count). The third-order valence-corrected chi connectivity index (χ3v) is 2.95. The van der Waals surface area contributed by atoms with Crippen LogP contribution in [0.4, 0.5) is 0 Å². The number of fused-ring (bicyclic) bond motifs is 1. The molecule has 0 bridgehead atoms. The van der Waals surface area contributed by atoms with E-state index in [0.29, 0.717) is 0 Å². The molecule has 0 saturated carbocycles. The zero-order valence-electron chi connectivity index (χ0n) is 10.7. The molecule has 0 fully saturated rings. The molecule has 1 heterocycles. The van der Waals surface area contributed by atoms with Gasteiger partial charge in [-0.2, -0.15) is 0 Å². The van der Waals surface area contributed by atoms with Gasteiger partial charge < -0.3 is 20.6 Å². The van der Waals surface area contributed by atoms with Gasteiger partial charge in [-0.1, -0.05) is 6.07 Å². The molecule has 0 atom stereocenters. The highest BCUT2D eigenvalue weighted by atomic mass is 16.1. The first-order valence-electron chi connectivity index (χ1n) is 6.36. The summed E-state index contributed by atoms with van der Waals surface area (Å²) in [4.78, 5) is 16.7. The van der Waals surface area contributed by atoms with Gasteiger partial charge in [-0.3, -0.25) is 0 Å². The predicted molar refractivity (Wildman–Crippen MR) is 74.0 cm³/mol. The molecule has 5 nitrogen and oxygen atoms in total. The summed E-state index contributed by atoms with van der Waals surface area (Å²) in [6.45, 7) is 3.04. The molecule has 0 unspecified atom stereocenters. The maximum atomic E-state index is 11.1. The average molecular weight is 248 g/mol. The molecule has 1 aromatic carbocycles. The summed E-state index contributed by atoms with van der Waals surface area (Å²) in [7, 11) is 1.97. The van der Waals surface area contributed by atoms with Crippen LogP contribution in [0.3, 0.4) is 0 Å². The number of rotatable bonds is 7. The van der Waals surface area contributed by atoms with Crippen LogP contribution in [0, 0.1) is 0 Å². The summed E-state index contributed by atoms with van der Waals surface area (Å²) < 4.78 is 0. The van der Waals surface area contributed by atoms with E-state index in [2.05, 4.69) is 26.7 Å². The molecule has 0 amide bonds. The van der Waals surface area contributed by atoms with E-state index in [0.717, 1.165) is 43.5 Å². The quantitative estimate of drug-likeness (QED) is 0.542. The lowest BCUT2D eigenvalue weighted by atomic mass is 10.1. The number of benzene rings is 1. The Morgan fingerprint density at radius 2 is 1.94 bits per heavy atom. The second-order valence-electron chi connectivity index (χ2n) is 4.42. The maximum Gasteiger partial charge on any atom is 0.323 e. The van der Waals surface area contributed by atoms with Gasteiger partial charge in [-0.25, -0.2) is 4.79 Å². The number of imidazole rings is 1. The van der Waals surface area contributed by atoms with Crippen LogP contribution >= 0.6 is 0 Å². The Morgan fingerprint density at radius 1 is 1.11 bits per heavy atom. The number of aromatic amines is 2.